The number of amides is 2. The van der Waals surface area contributed by atoms with Crippen LogP contribution in [0.25, 0.3) is 0 Å². The molecule has 32 heavy (non-hydrogen) atoms. The Morgan fingerprint density at radius 2 is 1.88 bits per heavy atom. The highest BCUT2D eigenvalue weighted by atomic mass is 32.2. The van der Waals surface area contributed by atoms with Gasteiger partial charge in [0.05, 0.1) is 23.4 Å². The molecule has 1 saturated heterocycles. The molecule has 6 nitrogen and oxygen atoms in total. The Morgan fingerprint density at radius 1 is 1.16 bits per heavy atom. The molecule has 0 bridgehead atoms. The Labute approximate surface area is 193 Å². The zero-order chi connectivity index (χ0) is 22.8. The quantitative estimate of drug-likeness (QED) is 0.589. The van der Waals surface area contributed by atoms with Crippen LogP contribution in [0.2, 0.25) is 0 Å². The topological polar surface area (TPSA) is 82.4 Å². The number of carbonyl (C=O) groups excluding carboxylic acids is 2. The number of hydrogen-bond acceptors (Lipinski definition) is 5. The van der Waals surface area contributed by atoms with E-state index in [2.05, 4.69) is 11.4 Å². The Bertz CT molecular complexity index is 950. The zero-order valence-electron chi connectivity index (χ0n) is 18.4. The van der Waals surface area contributed by atoms with E-state index in [1.54, 1.807) is 12.1 Å². The molecule has 168 valence electrons. The lowest BCUT2D eigenvalue weighted by Gasteiger charge is -2.21. The minimum atomic E-state index is -0.184. The van der Waals surface area contributed by atoms with Gasteiger partial charge in [0.1, 0.15) is 5.75 Å². The summed E-state index contributed by atoms with van der Waals surface area (Å²) in [5.41, 5.74) is 2.59. The summed E-state index contributed by atoms with van der Waals surface area (Å²) in [6.45, 7) is 3.64. The van der Waals surface area contributed by atoms with Crippen molar-refractivity contribution in [2.45, 2.75) is 38.0 Å². The largest absolute Gasteiger partial charge is 0.483 e. The number of thioether (sulfide) groups is 1. The molecule has 1 unspecified atom stereocenters. The molecule has 1 heterocycles. The van der Waals surface area contributed by atoms with E-state index >= 15 is 0 Å². The van der Waals surface area contributed by atoms with Crippen LogP contribution in [0.3, 0.4) is 0 Å². The number of ether oxygens (including phenoxy) is 1. The first-order valence-corrected chi connectivity index (χ1v) is 12.1. The third-order valence-electron chi connectivity index (χ3n) is 5.43. The molecule has 7 heteroatoms. The van der Waals surface area contributed by atoms with Crippen LogP contribution in [0.15, 0.2) is 48.5 Å². The number of carbonyl (C=O) groups is 2. The van der Waals surface area contributed by atoms with E-state index in [4.69, 9.17) is 10.00 Å². The molecule has 0 radical (unpaired) electrons. The minimum Gasteiger partial charge on any atom is -0.483 e. The van der Waals surface area contributed by atoms with Crippen molar-refractivity contribution in [3.63, 3.8) is 0 Å². The fourth-order valence-corrected chi connectivity index (χ4v) is 4.47. The van der Waals surface area contributed by atoms with Gasteiger partial charge in [-0.15, -0.1) is 11.8 Å². The smallest absolute Gasteiger partial charge is 0.260 e. The summed E-state index contributed by atoms with van der Waals surface area (Å²) in [6, 6.07) is 16.9. The molecule has 2 aromatic carbocycles. The van der Waals surface area contributed by atoms with Gasteiger partial charge in [-0.1, -0.05) is 37.3 Å². The van der Waals surface area contributed by atoms with Crippen molar-refractivity contribution >= 4 is 23.6 Å². The van der Waals surface area contributed by atoms with Gasteiger partial charge in [-0.25, -0.2) is 0 Å². The van der Waals surface area contributed by atoms with E-state index in [0.29, 0.717) is 29.2 Å². The Kier molecular flexibility index (Phi) is 9.00. The van der Waals surface area contributed by atoms with Crippen molar-refractivity contribution in [2.24, 2.45) is 0 Å². The summed E-state index contributed by atoms with van der Waals surface area (Å²) in [5.74, 6) is 1.64. The average Bonchev–Trinajstić information content (AvgIpc) is 3.37. The SMILES string of the molecule is CCC(NC(=O)CSCc1ccc(C#N)cc1)c1ccccc1OCC(=O)N1CCCC1. The number of likely N-dealkylation sites (tertiary alicyclic amines) is 1. The maximum atomic E-state index is 12.6. The number of para-hydroxylation sites is 1. The molecule has 1 atom stereocenters. The van der Waals surface area contributed by atoms with Crippen LogP contribution in [-0.4, -0.2) is 42.2 Å². The molecule has 0 saturated carbocycles. The van der Waals surface area contributed by atoms with Crippen molar-refractivity contribution in [3.05, 3.63) is 65.2 Å². The van der Waals surface area contributed by atoms with Gasteiger partial charge >= 0.3 is 0 Å². The monoisotopic (exact) mass is 451 g/mol. The highest BCUT2D eigenvalue weighted by Gasteiger charge is 2.20. The Hall–Kier alpha value is -2.98. The van der Waals surface area contributed by atoms with Crippen molar-refractivity contribution in [1.82, 2.24) is 10.2 Å². The van der Waals surface area contributed by atoms with Gasteiger partial charge in [0, 0.05) is 24.4 Å². The maximum absolute atomic E-state index is 12.6. The summed E-state index contributed by atoms with van der Waals surface area (Å²) < 4.78 is 5.86. The number of rotatable bonds is 10. The second kappa shape index (κ2) is 12.2. The number of nitriles is 1. The Morgan fingerprint density at radius 3 is 2.56 bits per heavy atom. The van der Waals surface area contributed by atoms with E-state index in [1.807, 2.05) is 48.2 Å². The highest BCUT2D eigenvalue weighted by Crippen LogP contribution is 2.27. The fraction of sp³-hybridized carbons (Fsp3) is 0.400. The minimum absolute atomic E-state index is 0.00795. The summed E-state index contributed by atoms with van der Waals surface area (Å²) in [7, 11) is 0. The molecule has 0 spiro atoms. The second-order valence-corrected chi connectivity index (χ2v) is 8.73. The average molecular weight is 452 g/mol. The summed E-state index contributed by atoms with van der Waals surface area (Å²) in [6.07, 6.45) is 2.82. The lowest BCUT2D eigenvalue weighted by molar-refractivity contribution is -0.132. The molecule has 2 aromatic rings. The summed E-state index contributed by atoms with van der Waals surface area (Å²) >= 11 is 1.53. The predicted molar refractivity (Wildman–Crippen MR) is 126 cm³/mol. The van der Waals surface area contributed by atoms with Gasteiger partial charge in [-0.2, -0.15) is 5.26 Å². The van der Waals surface area contributed by atoms with Crippen molar-refractivity contribution in [3.8, 4) is 11.8 Å². The molecule has 0 aliphatic carbocycles. The molecule has 2 amide bonds. The molecule has 3 rings (SSSR count). The molecule has 0 aromatic heterocycles. The standard InChI is InChI=1S/C25H29N3O3S/c1-2-22(27-24(29)18-32-17-20-11-9-19(15-26)10-12-20)21-7-3-4-8-23(21)31-16-25(30)28-13-5-6-14-28/h3-4,7-12,22H,2,5-6,13-14,16-18H2,1H3,(H,27,29). The number of hydrogen-bond donors (Lipinski definition) is 1. The lowest BCUT2D eigenvalue weighted by atomic mass is 10.0. The van der Waals surface area contributed by atoms with E-state index in [-0.39, 0.29) is 24.5 Å². The number of benzene rings is 2. The van der Waals surface area contributed by atoms with Crippen LogP contribution in [0, 0.1) is 11.3 Å². The van der Waals surface area contributed by atoms with Crippen LogP contribution >= 0.6 is 11.8 Å². The second-order valence-electron chi connectivity index (χ2n) is 7.74. The molecule has 1 aliphatic rings. The Balaban J connectivity index is 1.52. The van der Waals surface area contributed by atoms with Gasteiger partial charge < -0.3 is 15.0 Å². The van der Waals surface area contributed by atoms with Crippen LogP contribution in [0.4, 0.5) is 0 Å². The van der Waals surface area contributed by atoms with Crippen LogP contribution in [0.1, 0.15) is 48.9 Å². The maximum Gasteiger partial charge on any atom is 0.260 e. The van der Waals surface area contributed by atoms with E-state index in [1.165, 1.54) is 11.8 Å². The predicted octanol–water partition coefficient (Wildman–Crippen LogP) is 4.06. The van der Waals surface area contributed by atoms with E-state index in [9.17, 15) is 9.59 Å². The van der Waals surface area contributed by atoms with Crippen LogP contribution in [-0.2, 0) is 15.3 Å². The van der Waals surface area contributed by atoms with Gasteiger partial charge in [-0.05, 0) is 43.0 Å². The number of nitrogens with one attached hydrogen (secondary N) is 1. The highest BCUT2D eigenvalue weighted by molar-refractivity contribution is 7.99. The van der Waals surface area contributed by atoms with Gasteiger partial charge in [0.25, 0.3) is 5.91 Å². The van der Waals surface area contributed by atoms with Crippen molar-refractivity contribution < 1.29 is 14.3 Å². The molecule has 1 fully saturated rings. The van der Waals surface area contributed by atoms with Gasteiger partial charge in [0.15, 0.2) is 6.61 Å². The van der Waals surface area contributed by atoms with Gasteiger partial charge in [0.2, 0.25) is 5.91 Å². The third kappa shape index (κ3) is 6.76. The zero-order valence-corrected chi connectivity index (χ0v) is 19.2. The number of nitrogens with zero attached hydrogens (tertiary/aromatic N) is 2. The fourth-order valence-electron chi connectivity index (χ4n) is 3.67. The van der Waals surface area contributed by atoms with Crippen molar-refractivity contribution in [2.75, 3.05) is 25.4 Å². The van der Waals surface area contributed by atoms with Crippen molar-refractivity contribution in [1.29, 1.82) is 5.26 Å². The first kappa shape index (κ1) is 23.7. The normalized spacial score (nSPS) is 13.9. The lowest BCUT2D eigenvalue weighted by Crippen LogP contribution is -2.33. The van der Waals surface area contributed by atoms with Crippen LogP contribution in [0.5, 0.6) is 5.75 Å². The molecule has 1 N–H and O–H groups in total. The first-order valence-electron chi connectivity index (χ1n) is 11.0. The van der Waals surface area contributed by atoms with Gasteiger partial charge in [-0.3, -0.25) is 9.59 Å². The van der Waals surface area contributed by atoms with Crippen LogP contribution < -0.4 is 10.1 Å². The first-order chi connectivity index (χ1) is 15.6. The molecular formula is C25H29N3O3S. The molecule has 1 aliphatic heterocycles. The third-order valence-corrected chi connectivity index (χ3v) is 6.44. The summed E-state index contributed by atoms with van der Waals surface area (Å²) in [4.78, 5) is 26.7. The molecular weight excluding hydrogens is 422 g/mol. The summed E-state index contributed by atoms with van der Waals surface area (Å²) in [5, 5.41) is 12.0. The van der Waals surface area contributed by atoms with E-state index in [0.717, 1.165) is 37.1 Å². The van der Waals surface area contributed by atoms with E-state index < -0.39 is 0 Å².